The van der Waals surface area contributed by atoms with E-state index < -0.39 is 6.43 Å². The van der Waals surface area contributed by atoms with Gasteiger partial charge in [-0.3, -0.25) is 0 Å². The number of alkyl halides is 2. The minimum Gasteiger partial charge on any atom is -0.496 e. The normalized spacial score (nSPS) is 12.7. The topological polar surface area (TPSA) is 9.23 Å². The van der Waals surface area contributed by atoms with Crippen LogP contribution in [0, 0.1) is 5.92 Å². The van der Waals surface area contributed by atoms with Crippen molar-refractivity contribution in [3.8, 4) is 5.75 Å². The van der Waals surface area contributed by atoms with Crippen molar-refractivity contribution < 1.29 is 13.5 Å². The first kappa shape index (κ1) is 20.4. The van der Waals surface area contributed by atoms with Crippen molar-refractivity contribution in [2.24, 2.45) is 5.92 Å². The average molecular weight is 379 g/mol. The Morgan fingerprint density at radius 3 is 2.31 bits per heavy atom. The number of ether oxygens (including phenoxy) is 1. The van der Waals surface area contributed by atoms with Crippen molar-refractivity contribution >= 4 is 23.8 Å². The van der Waals surface area contributed by atoms with Crippen molar-refractivity contribution in [2.75, 3.05) is 7.11 Å². The van der Waals surface area contributed by atoms with Crippen molar-refractivity contribution in [1.82, 2.24) is 0 Å². The minimum atomic E-state index is -2.56. The SMILES string of the molecule is CC[C@H](C)CCc1cc(/C=C/c2ccc(C(F)F)c(Cl)c2)ccc1OC. The van der Waals surface area contributed by atoms with Gasteiger partial charge >= 0.3 is 0 Å². The molecule has 0 heterocycles. The summed E-state index contributed by atoms with van der Waals surface area (Å²) < 4.78 is 31.0. The number of benzene rings is 2. The molecule has 0 spiro atoms. The zero-order valence-electron chi connectivity index (χ0n) is 15.4. The van der Waals surface area contributed by atoms with Gasteiger partial charge in [-0.15, -0.1) is 0 Å². The summed E-state index contributed by atoms with van der Waals surface area (Å²) in [7, 11) is 1.68. The summed E-state index contributed by atoms with van der Waals surface area (Å²) in [6.07, 6.45) is 4.52. The highest BCUT2D eigenvalue weighted by atomic mass is 35.5. The van der Waals surface area contributed by atoms with E-state index >= 15 is 0 Å². The molecule has 140 valence electrons. The number of hydrogen-bond donors (Lipinski definition) is 0. The largest absolute Gasteiger partial charge is 0.496 e. The maximum absolute atomic E-state index is 12.8. The molecule has 0 saturated heterocycles. The Hall–Kier alpha value is -1.87. The van der Waals surface area contributed by atoms with E-state index in [1.54, 1.807) is 19.2 Å². The second-order valence-electron chi connectivity index (χ2n) is 6.54. The third-order valence-electron chi connectivity index (χ3n) is 4.64. The van der Waals surface area contributed by atoms with Gasteiger partial charge in [0.1, 0.15) is 5.75 Å². The van der Waals surface area contributed by atoms with E-state index in [0.717, 1.165) is 36.1 Å². The van der Waals surface area contributed by atoms with E-state index in [9.17, 15) is 8.78 Å². The predicted molar refractivity (Wildman–Crippen MR) is 106 cm³/mol. The number of halogens is 3. The Kier molecular flexibility index (Phi) is 7.65. The molecule has 26 heavy (non-hydrogen) atoms. The van der Waals surface area contributed by atoms with E-state index in [0.29, 0.717) is 5.92 Å². The van der Waals surface area contributed by atoms with Crippen molar-refractivity contribution in [3.05, 3.63) is 63.7 Å². The molecule has 0 aliphatic carbocycles. The molecule has 0 saturated carbocycles. The van der Waals surface area contributed by atoms with Crippen LogP contribution < -0.4 is 4.74 Å². The van der Waals surface area contributed by atoms with Gasteiger partial charge in [-0.2, -0.15) is 0 Å². The highest BCUT2D eigenvalue weighted by molar-refractivity contribution is 6.31. The summed E-state index contributed by atoms with van der Waals surface area (Å²) in [6.45, 7) is 4.45. The van der Waals surface area contributed by atoms with Crippen LogP contribution in [0.3, 0.4) is 0 Å². The maximum atomic E-state index is 12.8. The molecule has 0 aromatic heterocycles. The molecule has 4 heteroatoms. The van der Waals surface area contributed by atoms with Crippen molar-refractivity contribution in [1.29, 1.82) is 0 Å². The molecule has 0 amide bonds. The van der Waals surface area contributed by atoms with Crippen LogP contribution in [0.2, 0.25) is 5.02 Å². The van der Waals surface area contributed by atoms with Gasteiger partial charge in [-0.25, -0.2) is 8.78 Å². The van der Waals surface area contributed by atoms with Gasteiger partial charge in [0.25, 0.3) is 6.43 Å². The molecule has 0 bridgehead atoms. The first-order valence-corrected chi connectivity index (χ1v) is 9.25. The van der Waals surface area contributed by atoms with Crippen LogP contribution in [-0.4, -0.2) is 7.11 Å². The van der Waals surface area contributed by atoms with Gasteiger partial charge < -0.3 is 4.74 Å². The quantitative estimate of drug-likeness (QED) is 0.434. The molecule has 0 unspecified atom stereocenters. The lowest BCUT2D eigenvalue weighted by Crippen LogP contribution is -1.98. The number of rotatable bonds is 8. The molecule has 1 atom stereocenters. The first-order chi connectivity index (χ1) is 12.4. The Labute approximate surface area is 159 Å². The Morgan fingerprint density at radius 1 is 1.08 bits per heavy atom. The van der Waals surface area contributed by atoms with E-state index in [4.69, 9.17) is 16.3 Å². The maximum Gasteiger partial charge on any atom is 0.265 e. The summed E-state index contributed by atoms with van der Waals surface area (Å²) in [5.41, 5.74) is 2.87. The lowest BCUT2D eigenvalue weighted by molar-refractivity contribution is 0.151. The van der Waals surface area contributed by atoms with Gasteiger partial charge in [0.15, 0.2) is 0 Å². The van der Waals surface area contributed by atoms with Gasteiger partial charge in [0, 0.05) is 5.56 Å². The number of aryl methyl sites for hydroxylation is 1. The lowest BCUT2D eigenvalue weighted by atomic mass is 9.97. The molecule has 0 aliphatic heterocycles. The molecular formula is C22H25ClF2O. The van der Waals surface area contributed by atoms with Crippen LogP contribution in [0.4, 0.5) is 8.78 Å². The van der Waals surface area contributed by atoms with Crippen LogP contribution in [0.25, 0.3) is 12.2 Å². The molecule has 2 aromatic carbocycles. The Morgan fingerprint density at radius 2 is 1.73 bits per heavy atom. The zero-order chi connectivity index (χ0) is 19.1. The molecule has 1 nitrogen and oxygen atoms in total. The molecule has 0 radical (unpaired) electrons. The lowest BCUT2D eigenvalue weighted by Gasteiger charge is -2.12. The number of methoxy groups -OCH3 is 1. The summed E-state index contributed by atoms with van der Waals surface area (Å²) in [5, 5.41) is 0.0890. The molecule has 0 fully saturated rings. The van der Waals surface area contributed by atoms with Crippen LogP contribution in [-0.2, 0) is 6.42 Å². The first-order valence-electron chi connectivity index (χ1n) is 8.87. The molecule has 2 rings (SSSR count). The molecular weight excluding hydrogens is 354 g/mol. The monoisotopic (exact) mass is 378 g/mol. The predicted octanol–water partition coefficient (Wildman–Crippen LogP) is 7.44. The van der Waals surface area contributed by atoms with Gasteiger partial charge in [0.05, 0.1) is 12.1 Å². The molecule has 2 aromatic rings. The van der Waals surface area contributed by atoms with Crippen molar-refractivity contribution in [3.63, 3.8) is 0 Å². The molecule has 0 aliphatic rings. The van der Waals surface area contributed by atoms with E-state index in [2.05, 4.69) is 19.9 Å². The van der Waals surface area contributed by atoms with Crippen LogP contribution in [0.5, 0.6) is 5.75 Å². The fourth-order valence-electron chi connectivity index (χ4n) is 2.72. The summed E-state index contributed by atoms with van der Waals surface area (Å²) >= 11 is 5.93. The smallest absolute Gasteiger partial charge is 0.265 e. The Bertz CT molecular complexity index is 756. The van der Waals surface area contributed by atoms with Crippen LogP contribution in [0.15, 0.2) is 36.4 Å². The van der Waals surface area contributed by atoms with Crippen LogP contribution >= 0.6 is 11.6 Å². The highest BCUT2D eigenvalue weighted by Gasteiger charge is 2.11. The number of hydrogen-bond acceptors (Lipinski definition) is 1. The van der Waals surface area contributed by atoms with Gasteiger partial charge in [-0.1, -0.05) is 62.2 Å². The van der Waals surface area contributed by atoms with Gasteiger partial charge in [-0.05, 0) is 53.6 Å². The van der Waals surface area contributed by atoms with E-state index in [1.165, 1.54) is 11.6 Å². The third-order valence-corrected chi connectivity index (χ3v) is 4.96. The van der Waals surface area contributed by atoms with Gasteiger partial charge in [0.2, 0.25) is 0 Å². The second kappa shape index (κ2) is 9.72. The second-order valence-corrected chi connectivity index (χ2v) is 6.95. The zero-order valence-corrected chi connectivity index (χ0v) is 16.2. The standard InChI is InChI=1S/C22H25ClF2O/c1-4-15(2)5-10-18-13-16(9-12-21(18)26-3)6-7-17-8-11-19(22(24)25)20(23)14-17/h6-9,11-15,22H,4-5,10H2,1-3H3/b7-6+/t15-/m0/s1. The fourth-order valence-corrected chi connectivity index (χ4v) is 2.99. The fraction of sp³-hybridized carbons (Fsp3) is 0.364. The minimum absolute atomic E-state index is 0.0890. The summed E-state index contributed by atoms with van der Waals surface area (Å²) in [6, 6.07) is 10.7. The van der Waals surface area contributed by atoms with Crippen molar-refractivity contribution in [2.45, 2.75) is 39.5 Å². The van der Waals surface area contributed by atoms with E-state index in [-0.39, 0.29) is 10.6 Å². The summed E-state index contributed by atoms with van der Waals surface area (Å²) in [5.74, 6) is 1.57. The molecule has 0 N–H and O–H groups in total. The van der Waals surface area contributed by atoms with E-state index in [1.807, 2.05) is 24.3 Å². The highest BCUT2D eigenvalue weighted by Crippen LogP contribution is 2.29. The third kappa shape index (κ3) is 5.57. The van der Waals surface area contributed by atoms with Crippen LogP contribution in [0.1, 0.15) is 55.4 Å². The average Bonchev–Trinajstić information content (AvgIpc) is 2.64. The Balaban J connectivity index is 2.18. The summed E-state index contributed by atoms with van der Waals surface area (Å²) in [4.78, 5) is 0.